The van der Waals surface area contributed by atoms with Crippen LogP contribution in [0.4, 0.5) is 0 Å². The van der Waals surface area contributed by atoms with E-state index in [-0.39, 0.29) is 0 Å². The van der Waals surface area contributed by atoms with Crippen molar-refractivity contribution in [3.05, 3.63) is 12.2 Å². The monoisotopic (exact) mass is 331 g/mol. The Morgan fingerprint density at radius 1 is 1.08 bits per heavy atom. The summed E-state index contributed by atoms with van der Waals surface area (Å²) in [5.41, 5.74) is 2.27. The predicted octanol–water partition coefficient (Wildman–Crippen LogP) is 6.30. The number of rotatable bonds is 7. The molecule has 0 heterocycles. The predicted molar refractivity (Wildman–Crippen MR) is 105 cm³/mol. The number of fused-ring (bicyclic) bond motifs is 1. The SMILES string of the molecule is C=C1CCC(C23CCC(CN(CC)CCCC)CCC2C3C)CC1. The molecule has 3 fully saturated rings. The third kappa shape index (κ3) is 3.62. The first-order valence-electron chi connectivity index (χ1n) is 11.0. The van der Waals surface area contributed by atoms with Crippen LogP contribution < -0.4 is 0 Å². The molecule has 3 aliphatic rings. The maximum Gasteiger partial charge on any atom is 0.000954 e. The highest BCUT2D eigenvalue weighted by Gasteiger charge is 2.64. The third-order valence-electron chi connectivity index (χ3n) is 8.15. The van der Waals surface area contributed by atoms with Gasteiger partial charge in [0.25, 0.3) is 0 Å². The summed E-state index contributed by atoms with van der Waals surface area (Å²) in [4.78, 5) is 2.73. The van der Waals surface area contributed by atoms with Crippen LogP contribution in [-0.2, 0) is 0 Å². The van der Waals surface area contributed by atoms with Gasteiger partial charge in [-0.3, -0.25) is 0 Å². The Labute approximate surface area is 151 Å². The second-order valence-electron chi connectivity index (χ2n) is 9.26. The van der Waals surface area contributed by atoms with Crippen LogP contribution in [-0.4, -0.2) is 24.5 Å². The maximum atomic E-state index is 4.24. The molecule has 0 spiro atoms. The number of hydrogen-bond donors (Lipinski definition) is 0. The van der Waals surface area contributed by atoms with Gasteiger partial charge in [0.15, 0.2) is 0 Å². The highest BCUT2D eigenvalue weighted by molar-refractivity contribution is 5.15. The van der Waals surface area contributed by atoms with Crippen LogP contribution in [0.25, 0.3) is 0 Å². The summed E-state index contributed by atoms with van der Waals surface area (Å²) in [5.74, 6) is 4.06. The van der Waals surface area contributed by atoms with Crippen molar-refractivity contribution in [1.29, 1.82) is 0 Å². The van der Waals surface area contributed by atoms with Crippen LogP contribution in [0.3, 0.4) is 0 Å². The molecule has 4 atom stereocenters. The van der Waals surface area contributed by atoms with Gasteiger partial charge in [-0.25, -0.2) is 0 Å². The van der Waals surface area contributed by atoms with Gasteiger partial charge in [0.1, 0.15) is 0 Å². The van der Waals surface area contributed by atoms with Gasteiger partial charge in [-0.05, 0) is 100.0 Å². The summed E-state index contributed by atoms with van der Waals surface area (Å²) >= 11 is 0. The number of nitrogens with zero attached hydrogens (tertiary/aromatic N) is 1. The molecule has 1 heteroatoms. The lowest BCUT2D eigenvalue weighted by Gasteiger charge is -2.33. The molecule has 3 saturated carbocycles. The first kappa shape index (κ1) is 18.5. The molecule has 0 bridgehead atoms. The fraction of sp³-hybridized carbons (Fsp3) is 0.913. The van der Waals surface area contributed by atoms with E-state index in [2.05, 4.69) is 32.3 Å². The fourth-order valence-corrected chi connectivity index (χ4v) is 6.45. The molecule has 0 saturated heterocycles. The minimum absolute atomic E-state index is 0.746. The van der Waals surface area contributed by atoms with Crippen molar-refractivity contribution in [3.63, 3.8) is 0 Å². The Morgan fingerprint density at radius 3 is 2.50 bits per heavy atom. The Morgan fingerprint density at radius 2 is 1.83 bits per heavy atom. The second-order valence-corrected chi connectivity index (χ2v) is 9.26. The van der Waals surface area contributed by atoms with Crippen molar-refractivity contribution < 1.29 is 0 Å². The lowest BCUT2D eigenvalue weighted by Crippen LogP contribution is -2.31. The van der Waals surface area contributed by atoms with Crippen LogP contribution in [0.15, 0.2) is 12.2 Å². The standard InChI is InChI=1S/C23H41N/c1-5-7-16-24(6-2)17-20-10-13-22-19(4)23(22,15-14-20)21-11-8-18(3)9-12-21/h19-22H,3,5-17H2,1-2,4H3. The first-order valence-corrected chi connectivity index (χ1v) is 11.0. The molecule has 0 aromatic heterocycles. The van der Waals surface area contributed by atoms with Crippen LogP contribution in [0.5, 0.6) is 0 Å². The third-order valence-corrected chi connectivity index (χ3v) is 8.15. The van der Waals surface area contributed by atoms with Crippen molar-refractivity contribution in [3.8, 4) is 0 Å². The molecule has 4 unspecified atom stereocenters. The van der Waals surface area contributed by atoms with Crippen molar-refractivity contribution in [2.75, 3.05) is 19.6 Å². The molecule has 138 valence electrons. The average molecular weight is 332 g/mol. The lowest BCUT2D eigenvalue weighted by molar-refractivity contribution is 0.185. The number of unbranched alkanes of at least 4 members (excludes halogenated alkanes) is 1. The van der Waals surface area contributed by atoms with E-state index in [0.29, 0.717) is 0 Å². The molecule has 0 radical (unpaired) electrons. The van der Waals surface area contributed by atoms with Gasteiger partial charge in [-0.15, -0.1) is 0 Å². The normalized spacial score (nSPS) is 37.3. The van der Waals surface area contributed by atoms with E-state index in [1.807, 2.05) is 0 Å². The Balaban J connectivity index is 1.56. The summed E-state index contributed by atoms with van der Waals surface area (Å²) in [6.45, 7) is 15.4. The maximum absolute atomic E-state index is 4.24. The number of allylic oxidation sites excluding steroid dienone is 1. The zero-order valence-corrected chi connectivity index (χ0v) is 16.7. The molecule has 0 aliphatic heterocycles. The van der Waals surface area contributed by atoms with Gasteiger partial charge in [0.2, 0.25) is 0 Å². The molecular formula is C23H41N. The minimum Gasteiger partial charge on any atom is -0.303 e. The van der Waals surface area contributed by atoms with Gasteiger partial charge in [-0.1, -0.05) is 39.3 Å². The van der Waals surface area contributed by atoms with Gasteiger partial charge in [0.05, 0.1) is 0 Å². The van der Waals surface area contributed by atoms with E-state index in [0.717, 1.165) is 29.1 Å². The van der Waals surface area contributed by atoms with E-state index in [1.165, 1.54) is 89.4 Å². The smallest absolute Gasteiger partial charge is 0.000954 e. The molecular weight excluding hydrogens is 290 g/mol. The van der Waals surface area contributed by atoms with Gasteiger partial charge < -0.3 is 4.90 Å². The van der Waals surface area contributed by atoms with Crippen molar-refractivity contribution in [2.24, 2.45) is 29.1 Å². The molecule has 0 aromatic carbocycles. The van der Waals surface area contributed by atoms with Crippen LogP contribution in [0.2, 0.25) is 0 Å². The molecule has 1 nitrogen and oxygen atoms in total. The topological polar surface area (TPSA) is 3.24 Å². The highest BCUT2D eigenvalue weighted by atomic mass is 15.1. The highest BCUT2D eigenvalue weighted by Crippen LogP contribution is 2.71. The molecule has 3 rings (SSSR count). The van der Waals surface area contributed by atoms with Crippen LogP contribution in [0.1, 0.15) is 85.0 Å². The second kappa shape index (κ2) is 7.94. The van der Waals surface area contributed by atoms with Crippen molar-refractivity contribution >= 4 is 0 Å². The molecule has 3 aliphatic carbocycles. The largest absolute Gasteiger partial charge is 0.303 e. The molecule has 0 aromatic rings. The van der Waals surface area contributed by atoms with Gasteiger partial charge in [0, 0.05) is 6.54 Å². The van der Waals surface area contributed by atoms with E-state index >= 15 is 0 Å². The Kier molecular flexibility index (Phi) is 6.11. The van der Waals surface area contributed by atoms with Crippen molar-refractivity contribution in [1.82, 2.24) is 4.90 Å². The lowest BCUT2D eigenvalue weighted by atomic mass is 9.72. The summed E-state index contributed by atoms with van der Waals surface area (Å²) < 4.78 is 0. The molecule has 0 amide bonds. The van der Waals surface area contributed by atoms with E-state index in [1.54, 1.807) is 0 Å². The quantitative estimate of drug-likeness (QED) is 0.495. The van der Waals surface area contributed by atoms with E-state index < -0.39 is 0 Å². The molecule has 24 heavy (non-hydrogen) atoms. The summed E-state index contributed by atoms with van der Waals surface area (Å²) in [6.07, 6.45) is 14.3. The van der Waals surface area contributed by atoms with E-state index in [9.17, 15) is 0 Å². The summed E-state index contributed by atoms with van der Waals surface area (Å²) in [6, 6.07) is 0. The summed E-state index contributed by atoms with van der Waals surface area (Å²) in [5, 5.41) is 0. The van der Waals surface area contributed by atoms with Gasteiger partial charge in [-0.2, -0.15) is 0 Å². The van der Waals surface area contributed by atoms with Crippen LogP contribution >= 0.6 is 0 Å². The zero-order valence-electron chi connectivity index (χ0n) is 16.7. The minimum atomic E-state index is 0.746. The van der Waals surface area contributed by atoms with Gasteiger partial charge >= 0.3 is 0 Å². The Hall–Kier alpha value is -0.300. The summed E-state index contributed by atoms with van der Waals surface area (Å²) in [7, 11) is 0. The van der Waals surface area contributed by atoms with Crippen LogP contribution in [0, 0.1) is 29.1 Å². The Bertz CT molecular complexity index is 418. The average Bonchev–Trinajstić information content (AvgIpc) is 3.23. The number of hydrogen-bond acceptors (Lipinski definition) is 1. The first-order chi connectivity index (χ1) is 11.6. The molecule has 0 N–H and O–H groups in total. The van der Waals surface area contributed by atoms with Crippen molar-refractivity contribution in [2.45, 2.75) is 85.0 Å². The fourth-order valence-electron chi connectivity index (χ4n) is 6.45. The van der Waals surface area contributed by atoms with E-state index in [4.69, 9.17) is 0 Å². The zero-order chi connectivity index (χ0) is 17.2.